The van der Waals surface area contributed by atoms with E-state index in [0.29, 0.717) is 23.6 Å². The molecule has 0 aliphatic carbocycles. The number of rotatable bonds is 3. The number of anilines is 2. The molecule has 2 heterocycles. The second-order valence-corrected chi connectivity index (χ2v) is 4.62. The third kappa shape index (κ3) is 2.60. The Labute approximate surface area is 122 Å². The second kappa shape index (κ2) is 5.47. The van der Waals surface area contributed by atoms with Crippen LogP contribution in [0, 0.1) is 11.3 Å². The van der Waals surface area contributed by atoms with Crippen LogP contribution in [0.1, 0.15) is 11.1 Å². The molecule has 102 valence electrons. The second-order valence-electron chi connectivity index (χ2n) is 4.62. The van der Waals surface area contributed by atoms with Crippen LogP contribution in [0.2, 0.25) is 0 Å². The van der Waals surface area contributed by atoms with Crippen LogP contribution in [0.25, 0.3) is 10.9 Å². The fourth-order valence-corrected chi connectivity index (χ4v) is 2.18. The average Bonchev–Trinajstić information content (AvgIpc) is 2.53. The van der Waals surface area contributed by atoms with Gasteiger partial charge >= 0.3 is 0 Å². The summed E-state index contributed by atoms with van der Waals surface area (Å²) in [6, 6.07) is 13.6. The number of nitrogens with zero attached hydrogens (tertiary/aromatic N) is 3. The minimum absolute atomic E-state index is 0.449. The van der Waals surface area contributed by atoms with Gasteiger partial charge in [0.25, 0.3) is 0 Å². The minimum Gasteiger partial charge on any atom is -0.396 e. The number of hydrogen-bond donors (Lipinski definition) is 2. The van der Waals surface area contributed by atoms with Gasteiger partial charge in [-0.25, -0.2) is 4.98 Å². The molecular formula is C16H13N5. The zero-order valence-electron chi connectivity index (χ0n) is 11.2. The van der Waals surface area contributed by atoms with Crippen molar-refractivity contribution in [2.75, 3.05) is 11.1 Å². The molecule has 3 aromatic rings. The van der Waals surface area contributed by atoms with Crippen molar-refractivity contribution in [3.63, 3.8) is 0 Å². The first-order valence-corrected chi connectivity index (χ1v) is 6.50. The molecule has 0 saturated carbocycles. The van der Waals surface area contributed by atoms with Crippen LogP contribution in [0.3, 0.4) is 0 Å². The molecule has 1 aromatic carbocycles. The lowest BCUT2D eigenvalue weighted by Gasteiger charge is -2.10. The van der Waals surface area contributed by atoms with E-state index in [2.05, 4.69) is 15.3 Å². The fourth-order valence-electron chi connectivity index (χ4n) is 2.18. The Hall–Kier alpha value is -3.13. The summed E-state index contributed by atoms with van der Waals surface area (Å²) < 4.78 is 0. The van der Waals surface area contributed by atoms with E-state index >= 15 is 0 Å². The van der Waals surface area contributed by atoms with Crippen LogP contribution in [0.4, 0.5) is 11.5 Å². The SMILES string of the molecule is N#Cc1cnc(NCc2cccc3cccnc23)c(N)c1. The molecule has 0 saturated heterocycles. The average molecular weight is 275 g/mol. The van der Waals surface area contributed by atoms with Gasteiger partial charge in [-0.2, -0.15) is 5.26 Å². The first kappa shape index (κ1) is 12.9. The van der Waals surface area contributed by atoms with Gasteiger partial charge in [0.15, 0.2) is 0 Å². The topological polar surface area (TPSA) is 87.6 Å². The van der Waals surface area contributed by atoms with E-state index in [9.17, 15) is 0 Å². The van der Waals surface area contributed by atoms with E-state index in [-0.39, 0.29) is 0 Å². The van der Waals surface area contributed by atoms with Gasteiger partial charge in [-0.1, -0.05) is 24.3 Å². The van der Waals surface area contributed by atoms with Crippen LogP contribution < -0.4 is 11.1 Å². The number of pyridine rings is 2. The van der Waals surface area contributed by atoms with Crippen molar-refractivity contribution in [3.8, 4) is 6.07 Å². The molecule has 0 spiro atoms. The number of nitriles is 1. The van der Waals surface area contributed by atoms with Gasteiger partial charge < -0.3 is 11.1 Å². The number of aromatic nitrogens is 2. The molecule has 5 heteroatoms. The molecule has 0 bridgehead atoms. The molecule has 5 nitrogen and oxygen atoms in total. The molecule has 0 amide bonds. The maximum atomic E-state index is 8.80. The van der Waals surface area contributed by atoms with E-state index in [0.717, 1.165) is 16.5 Å². The van der Waals surface area contributed by atoms with Gasteiger partial charge in [-0.15, -0.1) is 0 Å². The highest BCUT2D eigenvalue weighted by molar-refractivity contribution is 5.81. The molecule has 3 rings (SSSR count). The van der Waals surface area contributed by atoms with Crippen LogP contribution in [0.5, 0.6) is 0 Å². The van der Waals surface area contributed by atoms with Crippen LogP contribution >= 0.6 is 0 Å². The van der Waals surface area contributed by atoms with Gasteiger partial charge in [-0.3, -0.25) is 4.98 Å². The molecule has 21 heavy (non-hydrogen) atoms. The van der Waals surface area contributed by atoms with Gasteiger partial charge in [0.05, 0.1) is 16.8 Å². The summed E-state index contributed by atoms with van der Waals surface area (Å²) in [6.07, 6.45) is 3.28. The maximum absolute atomic E-state index is 8.80. The van der Waals surface area contributed by atoms with E-state index in [1.165, 1.54) is 6.20 Å². The van der Waals surface area contributed by atoms with E-state index < -0.39 is 0 Å². The van der Waals surface area contributed by atoms with E-state index in [4.69, 9.17) is 11.0 Å². The predicted molar refractivity (Wildman–Crippen MR) is 82.4 cm³/mol. The van der Waals surface area contributed by atoms with Crippen LogP contribution in [-0.4, -0.2) is 9.97 Å². The lowest BCUT2D eigenvalue weighted by atomic mass is 10.1. The summed E-state index contributed by atoms with van der Waals surface area (Å²) in [6.45, 7) is 0.567. The predicted octanol–water partition coefficient (Wildman–Crippen LogP) is 2.70. The summed E-state index contributed by atoms with van der Waals surface area (Å²) in [4.78, 5) is 8.57. The third-order valence-electron chi connectivity index (χ3n) is 3.21. The fraction of sp³-hybridized carbons (Fsp3) is 0.0625. The molecule has 2 aromatic heterocycles. The van der Waals surface area contributed by atoms with Crippen LogP contribution in [0.15, 0.2) is 48.8 Å². The molecule has 0 fully saturated rings. The standard InChI is InChI=1S/C16H13N5/c17-8-11-7-14(18)16(20-9-11)21-10-13-4-1-3-12-5-2-6-19-15(12)13/h1-7,9H,10,18H2,(H,20,21). The quantitative estimate of drug-likeness (QED) is 0.767. The highest BCUT2D eigenvalue weighted by Crippen LogP contribution is 2.20. The Morgan fingerprint density at radius 3 is 2.86 bits per heavy atom. The summed E-state index contributed by atoms with van der Waals surface area (Å²) in [5.41, 5.74) is 8.82. The largest absolute Gasteiger partial charge is 0.396 e. The normalized spacial score (nSPS) is 10.2. The smallest absolute Gasteiger partial charge is 0.149 e. The van der Waals surface area contributed by atoms with Gasteiger partial charge in [0, 0.05) is 24.3 Å². The van der Waals surface area contributed by atoms with Crippen molar-refractivity contribution in [1.82, 2.24) is 9.97 Å². The summed E-state index contributed by atoms with van der Waals surface area (Å²) in [7, 11) is 0. The Morgan fingerprint density at radius 2 is 2.05 bits per heavy atom. The van der Waals surface area contributed by atoms with Crippen molar-refractivity contribution < 1.29 is 0 Å². The first-order valence-electron chi connectivity index (χ1n) is 6.50. The lowest BCUT2D eigenvalue weighted by molar-refractivity contribution is 1.11. The van der Waals surface area contributed by atoms with Crippen molar-refractivity contribution in [3.05, 3.63) is 59.9 Å². The van der Waals surface area contributed by atoms with Crippen molar-refractivity contribution in [2.45, 2.75) is 6.54 Å². The van der Waals surface area contributed by atoms with Gasteiger partial charge in [0.1, 0.15) is 11.9 Å². The highest BCUT2D eigenvalue weighted by Gasteiger charge is 2.05. The number of para-hydroxylation sites is 1. The van der Waals surface area contributed by atoms with E-state index in [1.54, 1.807) is 12.3 Å². The lowest BCUT2D eigenvalue weighted by Crippen LogP contribution is -2.05. The highest BCUT2D eigenvalue weighted by atomic mass is 15.0. The number of nitrogens with one attached hydrogen (secondary N) is 1. The van der Waals surface area contributed by atoms with Crippen molar-refractivity contribution >= 4 is 22.4 Å². The molecule has 3 N–H and O–H groups in total. The molecule has 0 aliphatic heterocycles. The van der Waals surface area contributed by atoms with Crippen LogP contribution in [-0.2, 0) is 6.54 Å². The number of nitrogens with two attached hydrogens (primary N) is 1. The number of fused-ring (bicyclic) bond motifs is 1. The maximum Gasteiger partial charge on any atom is 0.149 e. The third-order valence-corrected chi connectivity index (χ3v) is 3.21. The molecule has 0 atom stereocenters. The molecular weight excluding hydrogens is 262 g/mol. The Balaban J connectivity index is 1.86. The molecule has 0 unspecified atom stereocenters. The van der Waals surface area contributed by atoms with Crippen molar-refractivity contribution in [2.24, 2.45) is 0 Å². The summed E-state index contributed by atoms with van der Waals surface area (Å²) in [5.74, 6) is 0.571. The Kier molecular flexibility index (Phi) is 3.36. The summed E-state index contributed by atoms with van der Waals surface area (Å²) >= 11 is 0. The van der Waals surface area contributed by atoms with E-state index in [1.807, 2.05) is 36.4 Å². The van der Waals surface area contributed by atoms with Crippen molar-refractivity contribution in [1.29, 1.82) is 5.26 Å². The molecule has 0 radical (unpaired) electrons. The first-order chi connectivity index (χ1) is 10.3. The number of hydrogen-bond acceptors (Lipinski definition) is 5. The zero-order valence-corrected chi connectivity index (χ0v) is 11.2. The molecule has 0 aliphatic rings. The number of nitrogen functional groups attached to an aromatic ring is 1. The number of benzene rings is 1. The monoisotopic (exact) mass is 275 g/mol. The van der Waals surface area contributed by atoms with Gasteiger partial charge in [0.2, 0.25) is 0 Å². The zero-order chi connectivity index (χ0) is 14.7. The van der Waals surface area contributed by atoms with Gasteiger partial charge in [-0.05, 0) is 17.7 Å². The Bertz CT molecular complexity index is 830. The minimum atomic E-state index is 0.449. The Morgan fingerprint density at radius 1 is 1.19 bits per heavy atom. The summed E-state index contributed by atoms with van der Waals surface area (Å²) in [5, 5.41) is 13.1.